The van der Waals surface area contributed by atoms with Crippen molar-refractivity contribution in [2.75, 3.05) is 5.32 Å². The van der Waals surface area contributed by atoms with Gasteiger partial charge in [0.25, 0.3) is 5.82 Å². The number of benzene rings is 1. The van der Waals surface area contributed by atoms with Crippen LogP contribution in [0.15, 0.2) is 12.4 Å². The van der Waals surface area contributed by atoms with Gasteiger partial charge in [-0.15, -0.1) is 5.10 Å². The van der Waals surface area contributed by atoms with Gasteiger partial charge in [-0.05, 0) is 6.07 Å². The van der Waals surface area contributed by atoms with Crippen molar-refractivity contribution in [3.63, 3.8) is 0 Å². The van der Waals surface area contributed by atoms with Crippen LogP contribution in [0.5, 0.6) is 0 Å². The van der Waals surface area contributed by atoms with E-state index in [2.05, 4.69) is 15.4 Å². The number of anilines is 1. The minimum atomic E-state index is -0.480. The quantitative estimate of drug-likeness (QED) is 0.846. The van der Waals surface area contributed by atoms with Gasteiger partial charge in [-0.1, -0.05) is 46.4 Å². The Morgan fingerprint density at radius 2 is 1.90 bits per heavy atom. The number of aromatic nitrogens is 3. The molecule has 0 saturated heterocycles. The molecule has 0 spiro atoms. The molecule has 1 amide bonds. The molecule has 0 aliphatic rings. The van der Waals surface area contributed by atoms with Crippen LogP contribution in [0.1, 0.15) is 5.82 Å². The van der Waals surface area contributed by atoms with Gasteiger partial charge in [0.2, 0.25) is 5.91 Å². The molecule has 1 heterocycles. The summed E-state index contributed by atoms with van der Waals surface area (Å²) in [5.74, 6) is -0.517. The van der Waals surface area contributed by atoms with Gasteiger partial charge in [-0.2, -0.15) is 5.26 Å². The molecule has 0 saturated carbocycles. The van der Waals surface area contributed by atoms with Crippen LogP contribution in [-0.4, -0.2) is 20.7 Å². The van der Waals surface area contributed by atoms with E-state index in [0.717, 1.165) is 0 Å². The van der Waals surface area contributed by atoms with Crippen molar-refractivity contribution in [2.24, 2.45) is 0 Å². The Kier molecular flexibility index (Phi) is 4.91. The molecule has 108 valence electrons. The molecule has 1 aromatic carbocycles. The Hall–Kier alpha value is -1.52. The fraction of sp³-hybridized carbons (Fsp3) is 0.0909. The second kappa shape index (κ2) is 6.50. The minimum absolute atomic E-state index is 0.0373. The van der Waals surface area contributed by atoms with E-state index < -0.39 is 5.91 Å². The summed E-state index contributed by atoms with van der Waals surface area (Å²) in [5, 5.41) is 15.3. The zero-order valence-corrected chi connectivity index (χ0v) is 13.1. The summed E-state index contributed by atoms with van der Waals surface area (Å²) >= 11 is 23.7. The molecular formula is C11H5Cl4N5O. The van der Waals surface area contributed by atoms with Crippen LogP contribution in [0.4, 0.5) is 5.69 Å². The lowest BCUT2D eigenvalue weighted by molar-refractivity contribution is -0.116. The zero-order chi connectivity index (χ0) is 15.6. The molecule has 2 aromatic rings. The van der Waals surface area contributed by atoms with E-state index in [1.54, 1.807) is 6.07 Å². The Labute approximate surface area is 139 Å². The average molecular weight is 365 g/mol. The number of halogens is 4. The van der Waals surface area contributed by atoms with Crippen molar-refractivity contribution in [2.45, 2.75) is 6.54 Å². The standard InChI is InChI=1S/C11H5Cl4N5O/c12-5-1-6(13)10(15)11(9(5)14)18-8(21)3-20-4-17-7(2-16)19-20/h1,4H,3H2,(H,18,21). The third kappa shape index (κ3) is 3.57. The molecule has 0 aliphatic heterocycles. The van der Waals surface area contributed by atoms with Gasteiger partial charge in [0, 0.05) is 0 Å². The normalized spacial score (nSPS) is 10.2. The highest BCUT2D eigenvalue weighted by Gasteiger charge is 2.16. The number of hydrogen-bond acceptors (Lipinski definition) is 4. The number of nitrogens with one attached hydrogen (secondary N) is 1. The fourth-order valence-corrected chi connectivity index (χ4v) is 2.34. The van der Waals surface area contributed by atoms with Gasteiger partial charge < -0.3 is 5.32 Å². The maximum absolute atomic E-state index is 11.9. The summed E-state index contributed by atoms with van der Waals surface area (Å²) in [7, 11) is 0. The number of carbonyl (C=O) groups excluding carboxylic acids is 1. The molecule has 0 bridgehead atoms. The highest BCUT2D eigenvalue weighted by atomic mass is 35.5. The van der Waals surface area contributed by atoms with E-state index >= 15 is 0 Å². The number of carbonyl (C=O) groups is 1. The van der Waals surface area contributed by atoms with Gasteiger partial charge >= 0.3 is 0 Å². The molecule has 2 rings (SSSR count). The first-order chi connectivity index (χ1) is 9.92. The first-order valence-electron chi connectivity index (χ1n) is 5.34. The monoisotopic (exact) mass is 363 g/mol. The van der Waals surface area contributed by atoms with Crippen molar-refractivity contribution in [1.29, 1.82) is 5.26 Å². The molecule has 0 unspecified atom stereocenters. The average Bonchev–Trinajstić information content (AvgIpc) is 2.89. The van der Waals surface area contributed by atoms with Gasteiger partial charge in [0.15, 0.2) is 0 Å². The number of hydrogen-bond donors (Lipinski definition) is 1. The molecule has 0 aliphatic carbocycles. The zero-order valence-electron chi connectivity index (χ0n) is 10.1. The summed E-state index contributed by atoms with van der Waals surface area (Å²) in [5.41, 5.74) is 0.112. The number of amides is 1. The van der Waals surface area contributed by atoms with E-state index in [0.29, 0.717) is 0 Å². The predicted octanol–water partition coefficient (Wildman–Crippen LogP) is 3.40. The molecular weight excluding hydrogens is 360 g/mol. The largest absolute Gasteiger partial charge is 0.322 e. The van der Waals surface area contributed by atoms with Crippen molar-refractivity contribution < 1.29 is 4.79 Å². The fourth-order valence-electron chi connectivity index (χ4n) is 1.43. The lowest BCUT2D eigenvalue weighted by atomic mass is 10.3. The third-order valence-electron chi connectivity index (χ3n) is 2.32. The summed E-state index contributed by atoms with van der Waals surface area (Å²) in [6, 6.07) is 3.13. The van der Waals surface area contributed by atoms with Gasteiger partial charge in [-0.3, -0.25) is 4.79 Å². The smallest absolute Gasteiger partial charge is 0.252 e. The van der Waals surface area contributed by atoms with Crippen LogP contribution in [0.25, 0.3) is 0 Å². The predicted molar refractivity (Wildman–Crippen MR) is 79.8 cm³/mol. The molecule has 0 fully saturated rings. The van der Waals surface area contributed by atoms with Gasteiger partial charge in [0.05, 0.1) is 25.8 Å². The molecule has 0 atom stereocenters. The Balaban J connectivity index is 2.19. The van der Waals surface area contributed by atoms with Crippen LogP contribution in [0.2, 0.25) is 20.1 Å². The third-order valence-corrected chi connectivity index (χ3v) is 3.89. The first-order valence-corrected chi connectivity index (χ1v) is 6.86. The van der Waals surface area contributed by atoms with E-state index in [-0.39, 0.29) is 38.1 Å². The van der Waals surface area contributed by atoms with E-state index in [9.17, 15) is 4.79 Å². The van der Waals surface area contributed by atoms with E-state index in [1.165, 1.54) is 17.1 Å². The van der Waals surface area contributed by atoms with E-state index in [1.807, 2.05) is 0 Å². The lowest BCUT2D eigenvalue weighted by Crippen LogP contribution is -2.19. The lowest BCUT2D eigenvalue weighted by Gasteiger charge is -2.11. The topological polar surface area (TPSA) is 83.6 Å². The summed E-state index contributed by atoms with van der Waals surface area (Å²) in [6.45, 7) is -0.175. The first kappa shape index (κ1) is 15.9. The summed E-state index contributed by atoms with van der Waals surface area (Å²) in [4.78, 5) is 15.6. The van der Waals surface area contributed by atoms with Crippen molar-refractivity contribution in [1.82, 2.24) is 14.8 Å². The second-order valence-electron chi connectivity index (χ2n) is 3.77. The Morgan fingerprint density at radius 1 is 1.29 bits per heavy atom. The number of nitriles is 1. The molecule has 1 aromatic heterocycles. The van der Waals surface area contributed by atoms with Crippen LogP contribution in [0, 0.1) is 11.3 Å². The Bertz CT molecular complexity index is 726. The molecule has 6 nitrogen and oxygen atoms in total. The van der Waals surface area contributed by atoms with Crippen LogP contribution in [0.3, 0.4) is 0 Å². The van der Waals surface area contributed by atoms with Crippen LogP contribution >= 0.6 is 46.4 Å². The molecule has 0 radical (unpaired) electrons. The maximum atomic E-state index is 11.9. The SMILES string of the molecule is N#Cc1ncn(CC(=O)Nc2c(Cl)c(Cl)cc(Cl)c2Cl)n1. The van der Waals surface area contributed by atoms with Crippen molar-refractivity contribution in [3.8, 4) is 6.07 Å². The summed E-state index contributed by atoms with van der Waals surface area (Å²) < 4.78 is 1.20. The molecule has 21 heavy (non-hydrogen) atoms. The van der Waals surface area contributed by atoms with Crippen LogP contribution in [-0.2, 0) is 11.3 Å². The second-order valence-corrected chi connectivity index (χ2v) is 5.34. The highest BCUT2D eigenvalue weighted by Crippen LogP contribution is 2.40. The number of nitrogens with zero attached hydrogens (tertiary/aromatic N) is 4. The maximum Gasteiger partial charge on any atom is 0.252 e. The minimum Gasteiger partial charge on any atom is -0.322 e. The van der Waals surface area contributed by atoms with E-state index in [4.69, 9.17) is 51.7 Å². The van der Waals surface area contributed by atoms with Crippen LogP contribution < -0.4 is 5.32 Å². The van der Waals surface area contributed by atoms with Gasteiger partial charge in [0.1, 0.15) is 18.9 Å². The Morgan fingerprint density at radius 3 is 2.43 bits per heavy atom. The van der Waals surface area contributed by atoms with Gasteiger partial charge in [-0.25, -0.2) is 9.67 Å². The van der Waals surface area contributed by atoms with Crippen molar-refractivity contribution in [3.05, 3.63) is 38.3 Å². The highest BCUT2D eigenvalue weighted by molar-refractivity contribution is 6.50. The molecule has 1 N–H and O–H groups in total. The molecule has 10 heteroatoms. The summed E-state index contributed by atoms with van der Waals surface area (Å²) in [6.07, 6.45) is 1.26. The van der Waals surface area contributed by atoms with Crippen molar-refractivity contribution >= 4 is 58.0 Å². The number of rotatable bonds is 3.